The van der Waals surface area contributed by atoms with E-state index in [9.17, 15) is 9.18 Å². The Morgan fingerprint density at radius 3 is 2.70 bits per heavy atom. The quantitative estimate of drug-likeness (QED) is 0.875. The topological polar surface area (TPSA) is 49.3 Å². The molecule has 1 aliphatic carbocycles. The van der Waals surface area contributed by atoms with Gasteiger partial charge in [-0.3, -0.25) is 4.79 Å². The van der Waals surface area contributed by atoms with Crippen molar-refractivity contribution in [1.82, 2.24) is 5.32 Å². The fourth-order valence-corrected chi connectivity index (χ4v) is 2.89. The summed E-state index contributed by atoms with van der Waals surface area (Å²) in [5, 5.41) is 12.8. The van der Waals surface area contributed by atoms with Crippen molar-refractivity contribution in [2.75, 3.05) is 6.54 Å². The summed E-state index contributed by atoms with van der Waals surface area (Å²) < 4.78 is 13.1. The summed E-state index contributed by atoms with van der Waals surface area (Å²) in [5.74, 6) is -0.641. The van der Waals surface area contributed by atoms with E-state index in [1.165, 1.54) is 12.1 Å². The van der Waals surface area contributed by atoms with Gasteiger partial charge in [-0.05, 0) is 61.9 Å². The molecule has 0 aliphatic heterocycles. The van der Waals surface area contributed by atoms with Gasteiger partial charge in [0.2, 0.25) is 0 Å². The molecule has 0 aromatic heterocycles. The van der Waals surface area contributed by atoms with Crippen LogP contribution in [-0.4, -0.2) is 17.6 Å². The number of rotatable bonds is 5. The van der Waals surface area contributed by atoms with Crippen molar-refractivity contribution in [3.05, 3.63) is 34.6 Å². The summed E-state index contributed by atoms with van der Waals surface area (Å²) in [5.41, 5.74) is 0.755. The van der Waals surface area contributed by atoms with Gasteiger partial charge in [-0.2, -0.15) is 0 Å². The summed E-state index contributed by atoms with van der Waals surface area (Å²) >= 11 is 6.00. The maximum absolute atomic E-state index is 13.1. The third-order valence-corrected chi connectivity index (χ3v) is 4.32. The van der Waals surface area contributed by atoms with Crippen molar-refractivity contribution < 1.29 is 14.3 Å². The standard InChI is InChI=1S/C15H19ClFNO2/c16-14-6-5-13(17)7-12(14)9-18-8-10-1-3-11(4-2-10)15(19)20/h5-7,10-11,18H,1-4,8-9H2,(H,19,20). The zero-order valence-corrected chi connectivity index (χ0v) is 12.0. The first-order valence-electron chi connectivity index (χ1n) is 6.93. The highest BCUT2D eigenvalue weighted by Crippen LogP contribution is 2.28. The Morgan fingerprint density at radius 2 is 2.05 bits per heavy atom. The number of carboxylic acid groups (broad SMARTS) is 1. The van der Waals surface area contributed by atoms with Gasteiger partial charge in [0.05, 0.1) is 5.92 Å². The molecule has 0 radical (unpaired) electrons. The number of hydrogen-bond acceptors (Lipinski definition) is 2. The highest BCUT2D eigenvalue weighted by Gasteiger charge is 2.25. The van der Waals surface area contributed by atoms with Crippen LogP contribution in [0.4, 0.5) is 4.39 Å². The van der Waals surface area contributed by atoms with Gasteiger partial charge in [0.25, 0.3) is 0 Å². The molecule has 0 saturated heterocycles. The van der Waals surface area contributed by atoms with Gasteiger partial charge in [0.15, 0.2) is 0 Å². The van der Waals surface area contributed by atoms with Gasteiger partial charge >= 0.3 is 5.97 Å². The number of hydrogen-bond donors (Lipinski definition) is 2. The molecular weight excluding hydrogens is 281 g/mol. The molecule has 0 heterocycles. The SMILES string of the molecule is O=C(O)C1CCC(CNCc2cc(F)ccc2Cl)CC1. The molecule has 110 valence electrons. The van der Waals surface area contributed by atoms with Crippen LogP contribution < -0.4 is 5.32 Å². The molecule has 0 atom stereocenters. The average Bonchev–Trinajstić information content (AvgIpc) is 2.43. The van der Waals surface area contributed by atoms with E-state index in [2.05, 4.69) is 5.32 Å². The molecule has 0 spiro atoms. The molecule has 1 fully saturated rings. The zero-order chi connectivity index (χ0) is 14.5. The first-order valence-corrected chi connectivity index (χ1v) is 7.31. The molecule has 5 heteroatoms. The molecule has 3 nitrogen and oxygen atoms in total. The molecular formula is C15H19ClFNO2. The van der Waals surface area contributed by atoms with Gasteiger partial charge in [-0.15, -0.1) is 0 Å². The second kappa shape index (κ2) is 7.04. The normalized spacial score (nSPS) is 22.7. The molecule has 0 bridgehead atoms. The minimum absolute atomic E-state index is 0.177. The first kappa shape index (κ1) is 15.3. The van der Waals surface area contributed by atoms with E-state index in [0.29, 0.717) is 17.5 Å². The largest absolute Gasteiger partial charge is 0.481 e. The summed E-state index contributed by atoms with van der Waals surface area (Å²) in [6.07, 6.45) is 3.37. The van der Waals surface area contributed by atoms with E-state index in [-0.39, 0.29) is 11.7 Å². The van der Waals surface area contributed by atoms with Crippen LogP contribution >= 0.6 is 11.6 Å². The molecule has 2 rings (SSSR count). The fraction of sp³-hybridized carbons (Fsp3) is 0.533. The predicted molar refractivity (Wildman–Crippen MR) is 76.2 cm³/mol. The zero-order valence-electron chi connectivity index (χ0n) is 11.2. The first-order chi connectivity index (χ1) is 9.56. The summed E-state index contributed by atoms with van der Waals surface area (Å²) in [4.78, 5) is 10.9. The van der Waals surface area contributed by atoms with Crippen molar-refractivity contribution >= 4 is 17.6 Å². The Labute approximate surface area is 123 Å². The monoisotopic (exact) mass is 299 g/mol. The van der Waals surface area contributed by atoms with Crippen LogP contribution in [0.25, 0.3) is 0 Å². The summed E-state index contributed by atoms with van der Waals surface area (Å²) in [7, 11) is 0. The third-order valence-electron chi connectivity index (χ3n) is 3.95. The Balaban J connectivity index is 1.74. The molecule has 1 saturated carbocycles. The molecule has 1 aromatic rings. The molecule has 1 aliphatic rings. The smallest absolute Gasteiger partial charge is 0.306 e. The van der Waals surface area contributed by atoms with Crippen molar-refractivity contribution in [3.63, 3.8) is 0 Å². The lowest BCUT2D eigenvalue weighted by molar-refractivity contribution is -0.143. The predicted octanol–water partition coefficient (Wildman–Crippen LogP) is 3.46. The van der Waals surface area contributed by atoms with Gasteiger partial charge in [-0.25, -0.2) is 4.39 Å². The molecule has 0 amide bonds. The number of carboxylic acids is 1. The van der Waals surface area contributed by atoms with Crippen LogP contribution in [0, 0.1) is 17.7 Å². The Morgan fingerprint density at radius 1 is 1.35 bits per heavy atom. The average molecular weight is 300 g/mol. The van der Waals surface area contributed by atoms with Gasteiger partial charge in [-0.1, -0.05) is 11.6 Å². The van der Waals surface area contributed by atoms with Crippen molar-refractivity contribution in [2.45, 2.75) is 32.2 Å². The number of nitrogens with one attached hydrogen (secondary N) is 1. The Hall–Kier alpha value is -1.13. The molecule has 20 heavy (non-hydrogen) atoms. The van der Waals surface area contributed by atoms with Crippen molar-refractivity contribution in [1.29, 1.82) is 0 Å². The maximum Gasteiger partial charge on any atom is 0.306 e. The van der Waals surface area contributed by atoms with Crippen LogP contribution in [0.1, 0.15) is 31.2 Å². The van der Waals surface area contributed by atoms with Crippen molar-refractivity contribution in [3.8, 4) is 0 Å². The van der Waals surface area contributed by atoms with Crippen LogP contribution in [0.5, 0.6) is 0 Å². The number of benzene rings is 1. The van der Waals surface area contributed by atoms with Gasteiger partial charge in [0.1, 0.15) is 5.82 Å². The van der Waals surface area contributed by atoms with Crippen LogP contribution in [0.2, 0.25) is 5.02 Å². The second-order valence-corrected chi connectivity index (χ2v) is 5.83. The van der Waals surface area contributed by atoms with Gasteiger partial charge < -0.3 is 10.4 Å². The van der Waals surface area contributed by atoms with E-state index in [1.54, 1.807) is 6.07 Å². The lowest BCUT2D eigenvalue weighted by Gasteiger charge is -2.26. The lowest BCUT2D eigenvalue weighted by Crippen LogP contribution is -2.28. The number of aliphatic carboxylic acids is 1. The number of carbonyl (C=O) groups is 1. The summed E-state index contributed by atoms with van der Waals surface area (Å²) in [6, 6.07) is 4.35. The van der Waals surface area contributed by atoms with E-state index >= 15 is 0 Å². The van der Waals surface area contributed by atoms with Gasteiger partial charge in [0, 0.05) is 11.6 Å². The highest BCUT2D eigenvalue weighted by molar-refractivity contribution is 6.31. The third kappa shape index (κ3) is 4.18. The second-order valence-electron chi connectivity index (χ2n) is 5.42. The Bertz CT molecular complexity index is 473. The van der Waals surface area contributed by atoms with Crippen LogP contribution in [0.3, 0.4) is 0 Å². The maximum atomic E-state index is 13.1. The minimum atomic E-state index is -0.678. The fourth-order valence-electron chi connectivity index (χ4n) is 2.70. The molecule has 0 unspecified atom stereocenters. The van der Waals surface area contributed by atoms with E-state index in [4.69, 9.17) is 16.7 Å². The summed E-state index contributed by atoms with van der Waals surface area (Å²) in [6.45, 7) is 1.36. The lowest BCUT2D eigenvalue weighted by atomic mass is 9.82. The van der Waals surface area contributed by atoms with Crippen molar-refractivity contribution in [2.24, 2.45) is 11.8 Å². The van der Waals surface area contributed by atoms with E-state index < -0.39 is 5.97 Å². The molecule has 2 N–H and O–H groups in total. The van der Waals surface area contributed by atoms with E-state index in [0.717, 1.165) is 37.8 Å². The Kier molecular flexibility index (Phi) is 5.38. The highest BCUT2D eigenvalue weighted by atomic mass is 35.5. The van der Waals surface area contributed by atoms with Crippen LogP contribution in [0.15, 0.2) is 18.2 Å². The number of halogens is 2. The van der Waals surface area contributed by atoms with Crippen LogP contribution in [-0.2, 0) is 11.3 Å². The minimum Gasteiger partial charge on any atom is -0.481 e. The molecule has 1 aromatic carbocycles. The van der Waals surface area contributed by atoms with E-state index in [1.807, 2.05) is 0 Å².